The largest absolute Gasteiger partial charge is 0.394 e. The molecule has 0 bridgehead atoms. The number of likely N-dealkylation sites (tertiary alicyclic amines) is 1. The molecule has 1 aromatic carbocycles. The van der Waals surface area contributed by atoms with E-state index in [0.717, 1.165) is 13.1 Å². The number of nitrogens with zero attached hydrogens (tertiary/aromatic N) is 1. The van der Waals surface area contributed by atoms with Gasteiger partial charge in [-0.05, 0) is 19.4 Å². The number of aliphatic hydroxyl groups is 1. The first kappa shape index (κ1) is 10.7. The van der Waals surface area contributed by atoms with E-state index in [2.05, 4.69) is 49.1 Å². The lowest BCUT2D eigenvalue weighted by molar-refractivity contribution is -0.00249. The van der Waals surface area contributed by atoms with Crippen molar-refractivity contribution in [1.82, 2.24) is 4.90 Å². The van der Waals surface area contributed by atoms with E-state index in [1.165, 1.54) is 5.56 Å². The third-order valence-electron chi connectivity index (χ3n) is 3.40. The maximum Gasteiger partial charge on any atom is 0.0610 e. The Morgan fingerprint density at radius 1 is 1.27 bits per heavy atom. The summed E-state index contributed by atoms with van der Waals surface area (Å²) in [4.78, 5) is 2.34. The number of hydrogen-bond acceptors (Lipinski definition) is 2. The van der Waals surface area contributed by atoms with Crippen molar-refractivity contribution in [3.8, 4) is 0 Å². The summed E-state index contributed by atoms with van der Waals surface area (Å²) in [6, 6.07) is 10.6. The van der Waals surface area contributed by atoms with E-state index >= 15 is 0 Å². The highest BCUT2D eigenvalue weighted by atomic mass is 16.3. The predicted octanol–water partition coefficient (Wildman–Crippen LogP) is 1.86. The van der Waals surface area contributed by atoms with Gasteiger partial charge in [0.05, 0.1) is 6.61 Å². The van der Waals surface area contributed by atoms with Crippen LogP contribution in [-0.4, -0.2) is 35.2 Å². The lowest BCUT2D eigenvalue weighted by Crippen LogP contribution is -2.57. The minimum Gasteiger partial charge on any atom is -0.394 e. The van der Waals surface area contributed by atoms with E-state index in [9.17, 15) is 5.11 Å². The number of hydrogen-bond donors (Lipinski definition) is 1. The highest BCUT2D eigenvalue weighted by molar-refractivity contribution is 5.23. The average molecular weight is 205 g/mol. The van der Waals surface area contributed by atoms with Crippen LogP contribution in [-0.2, 0) is 0 Å². The molecular formula is C13H19NO. The average Bonchev–Trinajstić information content (AvgIpc) is 2.17. The molecule has 2 heteroatoms. The van der Waals surface area contributed by atoms with Gasteiger partial charge < -0.3 is 5.11 Å². The van der Waals surface area contributed by atoms with Gasteiger partial charge in [-0.2, -0.15) is 0 Å². The fourth-order valence-electron chi connectivity index (χ4n) is 2.01. The molecule has 2 nitrogen and oxygen atoms in total. The topological polar surface area (TPSA) is 23.5 Å². The fraction of sp³-hybridized carbons (Fsp3) is 0.538. The molecule has 0 amide bonds. The molecule has 2 rings (SSSR count). The molecule has 15 heavy (non-hydrogen) atoms. The number of benzene rings is 1. The molecule has 82 valence electrons. The molecule has 0 atom stereocenters. The van der Waals surface area contributed by atoms with Gasteiger partial charge in [0.15, 0.2) is 0 Å². The molecular weight excluding hydrogens is 186 g/mol. The Morgan fingerprint density at radius 2 is 1.87 bits per heavy atom. The van der Waals surface area contributed by atoms with Crippen LogP contribution in [0, 0.1) is 0 Å². The molecule has 0 unspecified atom stereocenters. The van der Waals surface area contributed by atoms with Crippen LogP contribution in [0.3, 0.4) is 0 Å². The smallest absolute Gasteiger partial charge is 0.0610 e. The van der Waals surface area contributed by atoms with Gasteiger partial charge in [-0.1, -0.05) is 30.3 Å². The second kappa shape index (κ2) is 3.95. The molecule has 0 aromatic heterocycles. The summed E-state index contributed by atoms with van der Waals surface area (Å²) >= 11 is 0. The molecule has 0 spiro atoms. The normalized spacial score (nSPS) is 18.9. The molecule has 0 aliphatic carbocycles. The van der Waals surface area contributed by atoms with Crippen molar-refractivity contribution in [3.05, 3.63) is 35.9 Å². The van der Waals surface area contributed by atoms with Crippen LogP contribution in [0.1, 0.15) is 25.3 Å². The Labute approximate surface area is 91.5 Å². The van der Waals surface area contributed by atoms with E-state index in [1.807, 2.05) is 0 Å². The van der Waals surface area contributed by atoms with Crippen LogP contribution < -0.4 is 0 Å². The second-order valence-corrected chi connectivity index (χ2v) is 4.98. The third-order valence-corrected chi connectivity index (χ3v) is 3.40. The molecule has 0 saturated carbocycles. The van der Waals surface area contributed by atoms with Gasteiger partial charge in [-0.3, -0.25) is 4.90 Å². The summed E-state index contributed by atoms with van der Waals surface area (Å²) in [6.45, 7) is 6.55. The quantitative estimate of drug-likeness (QED) is 0.814. The maximum atomic E-state index is 9.24. The molecule has 1 N–H and O–H groups in total. The van der Waals surface area contributed by atoms with Crippen LogP contribution in [0.25, 0.3) is 0 Å². The third kappa shape index (κ3) is 2.06. The second-order valence-electron chi connectivity index (χ2n) is 4.98. The zero-order chi connectivity index (χ0) is 10.9. The van der Waals surface area contributed by atoms with Crippen molar-refractivity contribution >= 4 is 0 Å². The van der Waals surface area contributed by atoms with Crippen LogP contribution in [0.4, 0.5) is 0 Å². The van der Waals surface area contributed by atoms with Gasteiger partial charge in [-0.15, -0.1) is 0 Å². The molecule has 1 aliphatic heterocycles. The first-order valence-corrected chi connectivity index (χ1v) is 5.54. The van der Waals surface area contributed by atoms with Crippen molar-refractivity contribution < 1.29 is 5.11 Å². The monoisotopic (exact) mass is 205 g/mol. The minimum absolute atomic E-state index is 0.0642. The van der Waals surface area contributed by atoms with Crippen molar-refractivity contribution in [3.63, 3.8) is 0 Å². The standard InChI is InChI=1S/C13H19NO/c1-13(2,10-15)14-8-12(9-14)11-6-4-3-5-7-11/h3-7,12,15H,8-10H2,1-2H3. The predicted molar refractivity (Wildman–Crippen MR) is 61.9 cm³/mol. The Bertz CT molecular complexity index is 315. The Kier molecular flexibility index (Phi) is 2.81. The molecule has 1 aromatic rings. The molecule has 0 radical (unpaired) electrons. The first-order chi connectivity index (χ1) is 7.13. The Morgan fingerprint density at radius 3 is 2.40 bits per heavy atom. The van der Waals surface area contributed by atoms with Gasteiger partial charge in [0, 0.05) is 24.5 Å². The summed E-state index contributed by atoms with van der Waals surface area (Å²) in [7, 11) is 0. The number of rotatable bonds is 3. The van der Waals surface area contributed by atoms with Crippen molar-refractivity contribution in [2.45, 2.75) is 25.3 Å². The van der Waals surface area contributed by atoms with E-state index in [1.54, 1.807) is 0 Å². The molecule has 1 saturated heterocycles. The minimum atomic E-state index is -0.0642. The van der Waals surface area contributed by atoms with Crippen LogP contribution in [0.5, 0.6) is 0 Å². The molecule has 1 heterocycles. The van der Waals surface area contributed by atoms with Gasteiger partial charge in [0.2, 0.25) is 0 Å². The summed E-state index contributed by atoms with van der Waals surface area (Å²) in [6.07, 6.45) is 0. The molecule has 1 fully saturated rings. The van der Waals surface area contributed by atoms with E-state index in [-0.39, 0.29) is 12.1 Å². The highest BCUT2D eigenvalue weighted by Gasteiger charge is 2.37. The van der Waals surface area contributed by atoms with E-state index in [0.29, 0.717) is 5.92 Å². The van der Waals surface area contributed by atoms with Crippen LogP contribution in [0.2, 0.25) is 0 Å². The van der Waals surface area contributed by atoms with E-state index in [4.69, 9.17) is 0 Å². The Balaban J connectivity index is 1.94. The maximum absolute atomic E-state index is 9.24. The van der Waals surface area contributed by atoms with Crippen LogP contribution in [0.15, 0.2) is 30.3 Å². The number of aliphatic hydroxyl groups excluding tert-OH is 1. The van der Waals surface area contributed by atoms with Crippen molar-refractivity contribution in [2.24, 2.45) is 0 Å². The van der Waals surface area contributed by atoms with Crippen LogP contribution >= 0.6 is 0 Å². The lowest BCUT2D eigenvalue weighted by atomic mass is 9.87. The van der Waals surface area contributed by atoms with Gasteiger partial charge in [-0.25, -0.2) is 0 Å². The summed E-state index contributed by atoms with van der Waals surface area (Å²) in [5.74, 6) is 0.650. The SMILES string of the molecule is CC(C)(CO)N1CC(c2ccccc2)C1. The summed E-state index contributed by atoms with van der Waals surface area (Å²) < 4.78 is 0. The Hall–Kier alpha value is -0.860. The highest BCUT2D eigenvalue weighted by Crippen LogP contribution is 2.32. The first-order valence-electron chi connectivity index (χ1n) is 5.54. The summed E-state index contributed by atoms with van der Waals surface area (Å²) in [5, 5.41) is 9.24. The van der Waals surface area contributed by atoms with E-state index < -0.39 is 0 Å². The van der Waals surface area contributed by atoms with Gasteiger partial charge in [0.25, 0.3) is 0 Å². The zero-order valence-corrected chi connectivity index (χ0v) is 9.48. The zero-order valence-electron chi connectivity index (χ0n) is 9.48. The van der Waals surface area contributed by atoms with Gasteiger partial charge >= 0.3 is 0 Å². The van der Waals surface area contributed by atoms with Crippen molar-refractivity contribution in [1.29, 1.82) is 0 Å². The summed E-state index contributed by atoms with van der Waals surface area (Å²) in [5.41, 5.74) is 1.35. The molecule has 1 aliphatic rings. The van der Waals surface area contributed by atoms with Crippen molar-refractivity contribution in [2.75, 3.05) is 19.7 Å². The van der Waals surface area contributed by atoms with Gasteiger partial charge in [0.1, 0.15) is 0 Å². The lowest BCUT2D eigenvalue weighted by Gasteiger charge is -2.48. The fourth-order valence-corrected chi connectivity index (χ4v) is 2.01.